The molecular weight excluding hydrogens is 376 g/mol. The number of hydrogen-bond donors (Lipinski definition) is 1. The van der Waals surface area contributed by atoms with E-state index < -0.39 is 28.6 Å². The summed E-state index contributed by atoms with van der Waals surface area (Å²) in [4.78, 5) is 11.0. The predicted molar refractivity (Wildman–Crippen MR) is 72.4 cm³/mol. The molecule has 0 saturated heterocycles. The van der Waals surface area contributed by atoms with Gasteiger partial charge in [0.2, 0.25) is 0 Å². The number of halogens is 5. The van der Waals surface area contributed by atoms with Crippen LogP contribution in [0.5, 0.6) is 0 Å². The molecule has 0 aliphatic heterocycles. The van der Waals surface area contributed by atoms with Crippen molar-refractivity contribution in [2.45, 2.75) is 12.7 Å². The Morgan fingerprint density at radius 3 is 2.48 bits per heavy atom. The maximum atomic E-state index is 12.8. The maximum absolute atomic E-state index is 12.8. The zero-order valence-electron chi connectivity index (χ0n) is 10.2. The second-order valence-electron chi connectivity index (χ2n) is 4.07. The highest BCUT2D eigenvalue weighted by molar-refractivity contribution is 9.10. The van der Waals surface area contributed by atoms with E-state index in [1.807, 2.05) is 0 Å². The lowest BCUT2D eigenvalue weighted by Crippen LogP contribution is -2.12. The number of hydrogen-bond acceptors (Lipinski definition) is 2. The molecule has 4 nitrogen and oxygen atoms in total. The van der Waals surface area contributed by atoms with Crippen LogP contribution in [0.15, 0.2) is 28.7 Å². The highest BCUT2D eigenvalue weighted by Crippen LogP contribution is 2.35. The summed E-state index contributed by atoms with van der Waals surface area (Å²) >= 11 is 8.99. The Hall–Kier alpha value is -1.54. The molecule has 0 saturated carbocycles. The van der Waals surface area contributed by atoms with Crippen LogP contribution in [0, 0.1) is 0 Å². The van der Waals surface area contributed by atoms with Gasteiger partial charge in [0, 0.05) is 4.47 Å². The van der Waals surface area contributed by atoms with Gasteiger partial charge in [0.15, 0.2) is 5.69 Å². The number of carbonyl (C=O) groups is 1. The maximum Gasteiger partial charge on any atom is 0.436 e. The number of benzene rings is 1. The summed E-state index contributed by atoms with van der Waals surface area (Å²) < 4.78 is 39.9. The quantitative estimate of drug-likeness (QED) is 0.869. The van der Waals surface area contributed by atoms with E-state index in [0.29, 0.717) is 10.0 Å². The third kappa shape index (κ3) is 3.21. The zero-order chi connectivity index (χ0) is 15.8. The van der Waals surface area contributed by atoms with Crippen LogP contribution in [0.2, 0.25) is 5.15 Å². The lowest BCUT2D eigenvalue weighted by Gasteiger charge is -2.05. The molecule has 0 aliphatic carbocycles. The van der Waals surface area contributed by atoms with Crippen molar-refractivity contribution in [2.75, 3.05) is 0 Å². The minimum Gasteiger partial charge on any atom is -0.478 e. The number of aromatic nitrogens is 2. The molecule has 0 radical (unpaired) electrons. The molecule has 0 amide bonds. The largest absolute Gasteiger partial charge is 0.478 e. The molecule has 2 rings (SSSR count). The summed E-state index contributed by atoms with van der Waals surface area (Å²) in [7, 11) is 0. The molecule has 0 unspecified atom stereocenters. The van der Waals surface area contributed by atoms with Crippen molar-refractivity contribution in [1.29, 1.82) is 0 Å². The van der Waals surface area contributed by atoms with Crippen molar-refractivity contribution in [3.8, 4) is 0 Å². The first-order valence-electron chi connectivity index (χ1n) is 5.52. The van der Waals surface area contributed by atoms with Crippen LogP contribution < -0.4 is 0 Å². The van der Waals surface area contributed by atoms with Crippen molar-refractivity contribution in [2.24, 2.45) is 0 Å². The SMILES string of the molecule is O=C(O)c1c(C(F)(F)F)nn(Cc2ccccc2Br)c1Cl. The van der Waals surface area contributed by atoms with E-state index in [4.69, 9.17) is 16.7 Å². The minimum atomic E-state index is -4.89. The van der Waals surface area contributed by atoms with Gasteiger partial charge in [0.25, 0.3) is 0 Å². The van der Waals surface area contributed by atoms with Gasteiger partial charge in [-0.3, -0.25) is 0 Å². The average molecular weight is 384 g/mol. The summed E-state index contributed by atoms with van der Waals surface area (Å²) in [5.41, 5.74) is -1.93. The third-order valence-corrected chi connectivity index (χ3v) is 3.81. The summed E-state index contributed by atoms with van der Waals surface area (Å²) in [6.45, 7) is -0.0867. The van der Waals surface area contributed by atoms with Gasteiger partial charge in [0.05, 0.1) is 6.54 Å². The molecule has 21 heavy (non-hydrogen) atoms. The molecular formula is C12H7BrClF3N2O2. The second kappa shape index (κ2) is 5.69. The molecule has 0 fully saturated rings. The number of rotatable bonds is 3. The Labute approximate surface area is 130 Å². The highest BCUT2D eigenvalue weighted by Gasteiger charge is 2.41. The third-order valence-electron chi connectivity index (χ3n) is 2.65. The monoisotopic (exact) mass is 382 g/mol. The first kappa shape index (κ1) is 15.8. The molecule has 1 aromatic carbocycles. The van der Waals surface area contributed by atoms with E-state index in [0.717, 1.165) is 4.68 Å². The number of nitrogens with zero attached hydrogens (tertiary/aromatic N) is 2. The average Bonchev–Trinajstić information content (AvgIpc) is 2.70. The molecule has 112 valence electrons. The van der Waals surface area contributed by atoms with Gasteiger partial charge in [-0.1, -0.05) is 45.7 Å². The van der Waals surface area contributed by atoms with Gasteiger partial charge in [-0.15, -0.1) is 0 Å². The normalized spacial score (nSPS) is 11.7. The Balaban J connectivity index is 2.51. The number of alkyl halides is 3. The van der Waals surface area contributed by atoms with Crippen LogP contribution in [-0.4, -0.2) is 20.9 Å². The van der Waals surface area contributed by atoms with E-state index >= 15 is 0 Å². The highest BCUT2D eigenvalue weighted by atomic mass is 79.9. The van der Waals surface area contributed by atoms with E-state index in [1.54, 1.807) is 24.3 Å². The molecule has 1 N–H and O–H groups in total. The zero-order valence-corrected chi connectivity index (χ0v) is 12.5. The first-order valence-corrected chi connectivity index (χ1v) is 6.69. The van der Waals surface area contributed by atoms with Gasteiger partial charge >= 0.3 is 12.1 Å². The van der Waals surface area contributed by atoms with E-state index in [1.165, 1.54) is 0 Å². The predicted octanol–water partition coefficient (Wildman–Crippen LogP) is 4.06. The van der Waals surface area contributed by atoms with Crippen molar-refractivity contribution >= 4 is 33.5 Å². The van der Waals surface area contributed by atoms with Crippen LogP contribution >= 0.6 is 27.5 Å². The van der Waals surface area contributed by atoms with E-state index in [2.05, 4.69) is 21.0 Å². The van der Waals surface area contributed by atoms with Crippen molar-refractivity contribution in [3.05, 3.63) is 50.7 Å². The Kier molecular flexibility index (Phi) is 4.29. The lowest BCUT2D eigenvalue weighted by atomic mass is 10.2. The summed E-state index contributed by atoms with van der Waals surface area (Å²) in [5, 5.41) is 11.6. The fraction of sp³-hybridized carbons (Fsp3) is 0.167. The molecule has 9 heteroatoms. The topological polar surface area (TPSA) is 55.1 Å². The van der Waals surface area contributed by atoms with Crippen LogP contribution in [-0.2, 0) is 12.7 Å². The van der Waals surface area contributed by atoms with Crippen LogP contribution in [0.1, 0.15) is 21.6 Å². The van der Waals surface area contributed by atoms with Crippen LogP contribution in [0.4, 0.5) is 13.2 Å². The van der Waals surface area contributed by atoms with Crippen molar-refractivity contribution in [1.82, 2.24) is 9.78 Å². The van der Waals surface area contributed by atoms with Gasteiger partial charge < -0.3 is 5.11 Å². The Morgan fingerprint density at radius 2 is 2.00 bits per heavy atom. The lowest BCUT2D eigenvalue weighted by molar-refractivity contribution is -0.142. The standard InChI is InChI=1S/C12H7BrClF3N2O2/c13-7-4-2-1-3-6(7)5-19-10(14)8(11(20)21)9(18-19)12(15,16)17/h1-4H,5H2,(H,20,21). The fourth-order valence-electron chi connectivity index (χ4n) is 1.72. The fourth-order valence-corrected chi connectivity index (χ4v) is 2.40. The number of carboxylic acids is 1. The van der Waals surface area contributed by atoms with E-state index in [-0.39, 0.29) is 6.54 Å². The van der Waals surface area contributed by atoms with Gasteiger partial charge in [-0.25, -0.2) is 9.48 Å². The Bertz CT molecular complexity index is 700. The smallest absolute Gasteiger partial charge is 0.436 e. The minimum absolute atomic E-state index is 0.0867. The molecule has 0 spiro atoms. The molecule has 2 aromatic rings. The molecule has 0 atom stereocenters. The molecule has 1 heterocycles. The summed E-state index contributed by atoms with van der Waals surface area (Å²) in [5.74, 6) is -1.77. The van der Waals surface area contributed by atoms with Crippen molar-refractivity contribution in [3.63, 3.8) is 0 Å². The Morgan fingerprint density at radius 1 is 1.38 bits per heavy atom. The van der Waals surface area contributed by atoms with Crippen LogP contribution in [0.3, 0.4) is 0 Å². The summed E-state index contributed by atoms with van der Waals surface area (Å²) in [6.07, 6.45) is -4.89. The molecule has 1 aromatic heterocycles. The molecule has 0 aliphatic rings. The number of carboxylic acid groups (broad SMARTS) is 1. The van der Waals surface area contributed by atoms with E-state index in [9.17, 15) is 18.0 Å². The van der Waals surface area contributed by atoms with Gasteiger partial charge in [-0.2, -0.15) is 18.3 Å². The summed E-state index contributed by atoms with van der Waals surface area (Å²) in [6, 6.07) is 6.80. The molecule has 0 bridgehead atoms. The van der Waals surface area contributed by atoms with Gasteiger partial charge in [0.1, 0.15) is 10.7 Å². The first-order chi connectivity index (χ1) is 9.71. The van der Waals surface area contributed by atoms with Crippen molar-refractivity contribution < 1.29 is 23.1 Å². The second-order valence-corrected chi connectivity index (χ2v) is 5.28. The number of aromatic carboxylic acids is 1. The van der Waals surface area contributed by atoms with Crippen LogP contribution in [0.25, 0.3) is 0 Å². The van der Waals surface area contributed by atoms with Gasteiger partial charge in [-0.05, 0) is 11.6 Å².